The first-order valence-electron chi connectivity index (χ1n) is 13.0. The lowest BCUT2D eigenvalue weighted by atomic mass is 9.85. The highest BCUT2D eigenvalue weighted by Crippen LogP contribution is 2.35. The Balaban J connectivity index is 1.28. The Morgan fingerprint density at radius 2 is 1.66 bits per heavy atom. The number of rotatable bonds is 9. The molecule has 1 atom stereocenters. The van der Waals surface area contributed by atoms with Crippen molar-refractivity contribution in [1.29, 1.82) is 0 Å². The van der Waals surface area contributed by atoms with Crippen LogP contribution in [0.5, 0.6) is 17.2 Å². The standard InChI is InChI=1S/C27H43N5O3/c1-27(28-2)21-8-6-7-9-22(21)31-26(32-27)30-20-12-10-18(11-13-20)16-29-17-19-14-24(34-4)25(35-5)15-23(19)33-3/h14-15,18,20,28-29H,6-13,16-17H2,1-5H3,(H2,30,31,32). The van der Waals surface area contributed by atoms with Gasteiger partial charge in [-0.3, -0.25) is 5.32 Å². The van der Waals surface area contributed by atoms with Crippen LogP contribution >= 0.6 is 0 Å². The summed E-state index contributed by atoms with van der Waals surface area (Å²) in [4.78, 5) is 5.11. The van der Waals surface area contributed by atoms with E-state index in [1.165, 1.54) is 37.0 Å². The number of likely N-dealkylation sites (N-methyl/N-ethyl adjacent to an activating group) is 1. The van der Waals surface area contributed by atoms with Gasteiger partial charge in [0.15, 0.2) is 17.5 Å². The summed E-state index contributed by atoms with van der Waals surface area (Å²) in [6.45, 7) is 3.96. The number of hydrogen-bond acceptors (Lipinski definition) is 6. The van der Waals surface area contributed by atoms with Gasteiger partial charge in [-0.1, -0.05) is 0 Å². The Bertz CT molecular complexity index is 939. The molecule has 1 saturated carbocycles. The van der Waals surface area contributed by atoms with Crippen molar-refractivity contribution in [3.05, 3.63) is 29.0 Å². The molecule has 4 N–H and O–H groups in total. The van der Waals surface area contributed by atoms with Gasteiger partial charge in [0.05, 0.1) is 27.4 Å². The van der Waals surface area contributed by atoms with E-state index in [4.69, 9.17) is 19.2 Å². The largest absolute Gasteiger partial charge is 0.496 e. The molecule has 0 radical (unpaired) electrons. The molecule has 1 aromatic carbocycles. The Morgan fingerprint density at radius 1 is 0.971 bits per heavy atom. The van der Waals surface area contributed by atoms with E-state index in [1.807, 2.05) is 19.2 Å². The molecule has 1 heterocycles. The van der Waals surface area contributed by atoms with E-state index in [-0.39, 0.29) is 5.66 Å². The molecule has 1 aliphatic heterocycles. The van der Waals surface area contributed by atoms with E-state index >= 15 is 0 Å². The molecule has 0 aromatic heterocycles. The summed E-state index contributed by atoms with van der Waals surface area (Å²) in [7, 11) is 7.02. The summed E-state index contributed by atoms with van der Waals surface area (Å²) in [5, 5.41) is 14.4. The first-order valence-corrected chi connectivity index (χ1v) is 13.0. The van der Waals surface area contributed by atoms with Crippen molar-refractivity contribution in [3.8, 4) is 17.2 Å². The zero-order valence-electron chi connectivity index (χ0n) is 22.1. The van der Waals surface area contributed by atoms with Gasteiger partial charge in [-0.2, -0.15) is 0 Å². The molecule has 35 heavy (non-hydrogen) atoms. The number of aliphatic imine (C=N–C) groups is 1. The lowest BCUT2D eigenvalue weighted by molar-refractivity contribution is 0.311. The third kappa shape index (κ3) is 5.86. The number of allylic oxidation sites excluding steroid dienone is 1. The van der Waals surface area contributed by atoms with Gasteiger partial charge >= 0.3 is 0 Å². The molecule has 4 rings (SSSR count). The van der Waals surface area contributed by atoms with E-state index in [0.717, 1.165) is 61.8 Å². The minimum atomic E-state index is -0.202. The minimum Gasteiger partial charge on any atom is -0.496 e. The van der Waals surface area contributed by atoms with Gasteiger partial charge in [-0.15, -0.1) is 0 Å². The Labute approximate surface area is 210 Å². The van der Waals surface area contributed by atoms with Gasteiger partial charge in [-0.25, -0.2) is 4.99 Å². The number of nitrogens with zero attached hydrogens (tertiary/aromatic N) is 1. The number of ether oxygens (including phenoxy) is 3. The van der Waals surface area contributed by atoms with Crippen LogP contribution in [-0.2, 0) is 6.54 Å². The monoisotopic (exact) mass is 485 g/mol. The number of nitrogens with one attached hydrogen (secondary N) is 4. The van der Waals surface area contributed by atoms with Crippen LogP contribution in [0, 0.1) is 5.92 Å². The maximum absolute atomic E-state index is 5.56. The summed E-state index contributed by atoms with van der Waals surface area (Å²) >= 11 is 0. The quantitative estimate of drug-likeness (QED) is 0.424. The predicted molar refractivity (Wildman–Crippen MR) is 140 cm³/mol. The average Bonchev–Trinajstić information content (AvgIpc) is 2.89. The van der Waals surface area contributed by atoms with E-state index in [0.29, 0.717) is 17.7 Å². The van der Waals surface area contributed by atoms with Crippen LogP contribution in [0.2, 0.25) is 0 Å². The first-order chi connectivity index (χ1) is 17.0. The fourth-order valence-electron chi connectivity index (χ4n) is 5.66. The molecule has 1 aromatic rings. The van der Waals surface area contributed by atoms with Crippen LogP contribution in [0.4, 0.5) is 0 Å². The molecule has 0 bridgehead atoms. The average molecular weight is 486 g/mol. The van der Waals surface area contributed by atoms with Gasteiger partial charge in [-0.05, 0) is 89.4 Å². The summed E-state index contributed by atoms with van der Waals surface area (Å²) in [6.07, 6.45) is 9.42. The van der Waals surface area contributed by atoms with E-state index in [9.17, 15) is 0 Å². The second kappa shape index (κ2) is 11.5. The number of methoxy groups -OCH3 is 3. The molecule has 0 spiro atoms. The van der Waals surface area contributed by atoms with Crippen molar-refractivity contribution in [2.75, 3.05) is 34.9 Å². The summed E-state index contributed by atoms with van der Waals surface area (Å²) in [5.74, 6) is 3.82. The van der Waals surface area contributed by atoms with Gasteiger partial charge in [0.25, 0.3) is 0 Å². The molecule has 0 amide bonds. The van der Waals surface area contributed by atoms with Crippen LogP contribution in [-0.4, -0.2) is 52.6 Å². The number of benzene rings is 1. The minimum absolute atomic E-state index is 0.202. The topological polar surface area (TPSA) is 88.2 Å². The highest BCUT2D eigenvalue weighted by molar-refractivity contribution is 5.84. The van der Waals surface area contributed by atoms with Crippen LogP contribution in [0.3, 0.4) is 0 Å². The molecule has 8 nitrogen and oxygen atoms in total. The van der Waals surface area contributed by atoms with E-state index in [2.05, 4.69) is 28.2 Å². The molecule has 194 valence electrons. The maximum atomic E-state index is 5.56. The lowest BCUT2D eigenvalue weighted by Gasteiger charge is -2.43. The van der Waals surface area contributed by atoms with Crippen molar-refractivity contribution in [2.45, 2.75) is 76.5 Å². The Morgan fingerprint density at radius 3 is 2.34 bits per heavy atom. The van der Waals surface area contributed by atoms with Crippen LogP contribution in [0.25, 0.3) is 0 Å². The molecule has 3 aliphatic rings. The van der Waals surface area contributed by atoms with E-state index in [1.54, 1.807) is 21.3 Å². The molecule has 0 saturated heterocycles. The SMILES string of the molecule is CNC1(C)NC(=NC2CCC(CNCc3cc(OC)c(OC)cc3OC)CC2)NC2=C1CCCC2. The smallest absolute Gasteiger partial charge is 0.197 e. The maximum Gasteiger partial charge on any atom is 0.197 e. The van der Waals surface area contributed by atoms with Crippen LogP contribution in [0.1, 0.15) is 63.9 Å². The normalized spacial score (nSPS) is 27.6. The van der Waals surface area contributed by atoms with Gasteiger partial charge in [0, 0.05) is 23.9 Å². The lowest BCUT2D eigenvalue weighted by Crippen LogP contribution is -2.64. The molecule has 2 aliphatic carbocycles. The number of guanidine groups is 1. The molecular formula is C27H43N5O3. The summed E-state index contributed by atoms with van der Waals surface area (Å²) in [6, 6.07) is 4.26. The van der Waals surface area contributed by atoms with Crippen molar-refractivity contribution in [3.63, 3.8) is 0 Å². The zero-order valence-corrected chi connectivity index (χ0v) is 22.1. The van der Waals surface area contributed by atoms with Crippen molar-refractivity contribution < 1.29 is 14.2 Å². The summed E-state index contributed by atoms with van der Waals surface area (Å²) in [5.41, 5.74) is 3.70. The fraction of sp³-hybridized carbons (Fsp3) is 0.667. The third-order valence-electron chi connectivity index (χ3n) is 7.87. The highest BCUT2D eigenvalue weighted by Gasteiger charge is 2.36. The van der Waals surface area contributed by atoms with E-state index < -0.39 is 0 Å². The molecule has 8 heteroatoms. The van der Waals surface area contributed by atoms with Crippen LogP contribution < -0.4 is 35.5 Å². The van der Waals surface area contributed by atoms with Gasteiger partial charge < -0.3 is 30.2 Å². The Kier molecular flexibility index (Phi) is 8.44. The predicted octanol–water partition coefficient (Wildman–Crippen LogP) is 3.67. The van der Waals surface area contributed by atoms with Crippen molar-refractivity contribution >= 4 is 5.96 Å². The molecular weight excluding hydrogens is 442 g/mol. The second-order valence-electron chi connectivity index (χ2n) is 10.1. The number of hydrogen-bond donors (Lipinski definition) is 4. The summed E-state index contributed by atoms with van der Waals surface area (Å²) < 4.78 is 16.4. The molecule has 1 fully saturated rings. The zero-order chi connectivity index (χ0) is 24.8. The van der Waals surface area contributed by atoms with Crippen molar-refractivity contribution in [1.82, 2.24) is 21.3 Å². The first kappa shape index (κ1) is 25.6. The fourth-order valence-corrected chi connectivity index (χ4v) is 5.66. The second-order valence-corrected chi connectivity index (χ2v) is 10.1. The third-order valence-corrected chi connectivity index (χ3v) is 7.87. The Hall–Kier alpha value is -2.45. The van der Waals surface area contributed by atoms with Crippen LogP contribution in [0.15, 0.2) is 28.4 Å². The molecule has 1 unspecified atom stereocenters. The van der Waals surface area contributed by atoms with Crippen molar-refractivity contribution in [2.24, 2.45) is 10.9 Å². The van der Waals surface area contributed by atoms with Gasteiger partial charge in [0.1, 0.15) is 11.4 Å². The highest BCUT2D eigenvalue weighted by atomic mass is 16.5. The van der Waals surface area contributed by atoms with Gasteiger partial charge in [0.2, 0.25) is 0 Å².